The minimum Gasteiger partial charge on any atom is -0.494 e. The second kappa shape index (κ2) is 7.63. The highest BCUT2D eigenvalue weighted by atomic mass is 35.5. The van der Waals surface area contributed by atoms with Gasteiger partial charge in [-0.2, -0.15) is 10.2 Å². The summed E-state index contributed by atoms with van der Waals surface area (Å²) in [5.41, 5.74) is 3.89. The van der Waals surface area contributed by atoms with Gasteiger partial charge in [0.2, 0.25) is 0 Å². The Morgan fingerprint density at radius 2 is 1.81 bits per heavy atom. The zero-order valence-electron chi connectivity index (χ0n) is 14.8. The first-order valence-electron chi connectivity index (χ1n) is 8.63. The molecule has 0 atom stereocenters. The molecule has 0 amide bonds. The molecule has 6 nitrogen and oxygen atoms in total. The monoisotopic (exact) mass is 379 g/mol. The van der Waals surface area contributed by atoms with Crippen LogP contribution in [-0.2, 0) is 6.54 Å². The van der Waals surface area contributed by atoms with Gasteiger partial charge < -0.3 is 4.74 Å². The third-order valence-electron chi connectivity index (χ3n) is 4.12. The molecule has 4 rings (SSSR count). The van der Waals surface area contributed by atoms with Crippen LogP contribution in [0.4, 0.5) is 0 Å². The predicted molar refractivity (Wildman–Crippen MR) is 104 cm³/mol. The Hall–Kier alpha value is -3.12. The lowest BCUT2D eigenvalue weighted by molar-refractivity contribution is 0.340. The topological polar surface area (TPSA) is 57.8 Å². The molecule has 0 aliphatic heterocycles. The van der Waals surface area contributed by atoms with Gasteiger partial charge in [0.15, 0.2) is 0 Å². The summed E-state index contributed by atoms with van der Waals surface area (Å²) >= 11 is 6.01. The predicted octanol–water partition coefficient (Wildman–Crippen LogP) is 4.23. The lowest BCUT2D eigenvalue weighted by Gasteiger charge is -2.05. The molecule has 2 heterocycles. The minimum absolute atomic E-state index is 0.579. The van der Waals surface area contributed by atoms with Gasteiger partial charge in [-0.3, -0.25) is 0 Å². The molecule has 0 unspecified atom stereocenters. The van der Waals surface area contributed by atoms with Crippen LogP contribution in [0, 0.1) is 0 Å². The maximum Gasteiger partial charge on any atom is 0.137 e. The van der Waals surface area contributed by atoms with Gasteiger partial charge in [0.25, 0.3) is 0 Å². The van der Waals surface area contributed by atoms with Crippen molar-refractivity contribution in [2.24, 2.45) is 0 Å². The van der Waals surface area contributed by atoms with E-state index in [4.69, 9.17) is 21.4 Å². The van der Waals surface area contributed by atoms with E-state index in [0.717, 1.165) is 28.3 Å². The zero-order chi connectivity index (χ0) is 18.6. The average molecular weight is 380 g/mol. The number of nitrogens with zero attached hydrogens (tertiary/aromatic N) is 5. The summed E-state index contributed by atoms with van der Waals surface area (Å²) in [7, 11) is 0. The van der Waals surface area contributed by atoms with Gasteiger partial charge in [0.05, 0.1) is 24.5 Å². The smallest absolute Gasteiger partial charge is 0.137 e. The van der Waals surface area contributed by atoms with Crippen LogP contribution in [0.1, 0.15) is 12.5 Å². The zero-order valence-corrected chi connectivity index (χ0v) is 15.5. The summed E-state index contributed by atoms with van der Waals surface area (Å²) in [6.45, 7) is 3.19. The van der Waals surface area contributed by atoms with Crippen molar-refractivity contribution >= 4 is 11.6 Å². The van der Waals surface area contributed by atoms with Gasteiger partial charge in [-0.25, -0.2) is 14.3 Å². The molecular weight excluding hydrogens is 362 g/mol. The number of halogens is 1. The number of ether oxygens (including phenoxy) is 1. The van der Waals surface area contributed by atoms with Crippen molar-refractivity contribution in [1.29, 1.82) is 0 Å². The molecule has 27 heavy (non-hydrogen) atoms. The summed E-state index contributed by atoms with van der Waals surface area (Å²) in [5.74, 6) is 0.844. The average Bonchev–Trinajstić information content (AvgIpc) is 3.34. The molecule has 0 saturated heterocycles. The largest absolute Gasteiger partial charge is 0.494 e. The van der Waals surface area contributed by atoms with Crippen molar-refractivity contribution < 1.29 is 4.74 Å². The van der Waals surface area contributed by atoms with Crippen LogP contribution in [0.25, 0.3) is 16.9 Å². The van der Waals surface area contributed by atoms with Crippen molar-refractivity contribution in [2.45, 2.75) is 13.5 Å². The van der Waals surface area contributed by atoms with Crippen LogP contribution in [0.15, 0.2) is 67.4 Å². The molecule has 0 fully saturated rings. The van der Waals surface area contributed by atoms with Gasteiger partial charge in [-0.1, -0.05) is 11.6 Å². The Morgan fingerprint density at radius 1 is 1.04 bits per heavy atom. The normalized spacial score (nSPS) is 10.9. The fourth-order valence-corrected chi connectivity index (χ4v) is 2.99. The Balaban J connectivity index is 1.74. The van der Waals surface area contributed by atoms with Crippen LogP contribution in [0.5, 0.6) is 5.75 Å². The summed E-state index contributed by atoms with van der Waals surface area (Å²) in [6.07, 6.45) is 5.23. The standard InChI is InChI=1S/C20H18ClN5O/c1-2-27-19-9-3-15(4-10-19)20-16(11-25-14-22-13-23-25)12-26(24-20)18-7-5-17(21)6-8-18/h3-10,12-14H,2,11H2,1H3. The summed E-state index contributed by atoms with van der Waals surface area (Å²) in [6, 6.07) is 15.5. The highest BCUT2D eigenvalue weighted by Gasteiger charge is 2.13. The van der Waals surface area contributed by atoms with Gasteiger partial charge in [-0.15, -0.1) is 0 Å². The Bertz CT molecular complexity index is 1010. The van der Waals surface area contributed by atoms with Crippen molar-refractivity contribution in [2.75, 3.05) is 6.61 Å². The molecule has 0 N–H and O–H groups in total. The molecule has 0 spiro atoms. The lowest BCUT2D eigenvalue weighted by atomic mass is 10.1. The first-order valence-corrected chi connectivity index (χ1v) is 9.01. The molecule has 0 radical (unpaired) electrons. The molecule has 4 aromatic rings. The fraction of sp³-hybridized carbons (Fsp3) is 0.150. The summed E-state index contributed by atoms with van der Waals surface area (Å²) < 4.78 is 9.17. The SMILES string of the molecule is CCOc1ccc(-c2nn(-c3ccc(Cl)cc3)cc2Cn2cncn2)cc1. The van der Waals surface area contributed by atoms with E-state index in [1.807, 2.05) is 66.3 Å². The number of rotatable bonds is 6. The van der Waals surface area contributed by atoms with E-state index in [1.54, 1.807) is 11.0 Å². The van der Waals surface area contributed by atoms with Gasteiger partial charge in [-0.05, 0) is 55.5 Å². The number of hydrogen-bond acceptors (Lipinski definition) is 4. The molecule has 0 bridgehead atoms. The van der Waals surface area contributed by atoms with E-state index in [0.29, 0.717) is 18.2 Å². The fourth-order valence-electron chi connectivity index (χ4n) is 2.86. The molecule has 2 aromatic heterocycles. The van der Waals surface area contributed by atoms with E-state index in [-0.39, 0.29) is 0 Å². The molecule has 136 valence electrons. The van der Waals surface area contributed by atoms with Crippen molar-refractivity contribution in [3.8, 4) is 22.7 Å². The summed E-state index contributed by atoms with van der Waals surface area (Å²) in [5, 5.41) is 9.71. The van der Waals surface area contributed by atoms with E-state index in [9.17, 15) is 0 Å². The Morgan fingerprint density at radius 3 is 2.48 bits per heavy atom. The molecule has 2 aromatic carbocycles. The first kappa shape index (κ1) is 17.3. The van der Waals surface area contributed by atoms with Crippen LogP contribution in [0.3, 0.4) is 0 Å². The van der Waals surface area contributed by atoms with E-state index in [2.05, 4.69) is 10.1 Å². The third-order valence-corrected chi connectivity index (χ3v) is 4.37. The maximum atomic E-state index is 6.01. The van der Waals surface area contributed by atoms with Crippen LogP contribution in [0.2, 0.25) is 5.02 Å². The highest BCUT2D eigenvalue weighted by Crippen LogP contribution is 2.26. The Kier molecular flexibility index (Phi) is 4.89. The van der Waals surface area contributed by atoms with E-state index in [1.165, 1.54) is 6.33 Å². The molecule has 0 aliphatic rings. The number of aromatic nitrogens is 5. The maximum absolute atomic E-state index is 6.01. The van der Waals surface area contributed by atoms with Crippen LogP contribution in [-0.4, -0.2) is 31.2 Å². The lowest BCUT2D eigenvalue weighted by Crippen LogP contribution is -2.00. The number of hydrogen-bond donors (Lipinski definition) is 0. The quantitative estimate of drug-likeness (QED) is 0.503. The molecule has 7 heteroatoms. The van der Waals surface area contributed by atoms with Gasteiger partial charge >= 0.3 is 0 Å². The molecular formula is C20H18ClN5O. The van der Waals surface area contributed by atoms with Gasteiger partial charge in [0, 0.05) is 22.3 Å². The van der Waals surface area contributed by atoms with Crippen molar-refractivity contribution in [3.05, 3.63) is 78.0 Å². The van der Waals surface area contributed by atoms with E-state index >= 15 is 0 Å². The van der Waals surface area contributed by atoms with E-state index < -0.39 is 0 Å². The van der Waals surface area contributed by atoms with Crippen LogP contribution < -0.4 is 4.74 Å². The molecule has 0 aliphatic carbocycles. The van der Waals surface area contributed by atoms with Crippen molar-refractivity contribution in [1.82, 2.24) is 24.5 Å². The molecule has 0 saturated carbocycles. The first-order chi connectivity index (χ1) is 13.2. The Labute approximate surface area is 162 Å². The second-order valence-corrected chi connectivity index (χ2v) is 6.41. The minimum atomic E-state index is 0.579. The third kappa shape index (κ3) is 3.85. The second-order valence-electron chi connectivity index (χ2n) is 5.97. The summed E-state index contributed by atoms with van der Waals surface area (Å²) in [4.78, 5) is 4.02. The van der Waals surface area contributed by atoms with Crippen LogP contribution >= 0.6 is 11.6 Å². The van der Waals surface area contributed by atoms with Crippen molar-refractivity contribution in [3.63, 3.8) is 0 Å². The number of benzene rings is 2. The van der Waals surface area contributed by atoms with Gasteiger partial charge in [0.1, 0.15) is 18.4 Å². The highest BCUT2D eigenvalue weighted by molar-refractivity contribution is 6.30.